The smallest absolute Gasteiger partial charge is 0.328 e. The molecule has 0 aliphatic rings. The van der Waals surface area contributed by atoms with Gasteiger partial charge in [-0.25, -0.2) is 4.79 Å². The molecule has 2 amide bonds. The number of amides is 2. The SMILES string of the molecule is CCOC(=O)C(CC(Cc1ccc(-c2ccccc2)cc1)NC(=O)c1cn[nH]n1)NC(=O)CC. The molecule has 1 heterocycles. The van der Waals surface area contributed by atoms with Crippen LogP contribution >= 0.6 is 0 Å². The van der Waals surface area contributed by atoms with Crippen LogP contribution < -0.4 is 10.6 Å². The van der Waals surface area contributed by atoms with Crippen LogP contribution in [0.25, 0.3) is 11.1 Å². The Morgan fingerprint density at radius 3 is 2.29 bits per heavy atom. The van der Waals surface area contributed by atoms with Gasteiger partial charge in [-0.15, -0.1) is 0 Å². The molecule has 9 heteroatoms. The molecule has 2 unspecified atom stereocenters. The monoisotopic (exact) mass is 463 g/mol. The molecule has 2 aromatic carbocycles. The van der Waals surface area contributed by atoms with Crippen molar-refractivity contribution in [3.63, 3.8) is 0 Å². The molecule has 0 radical (unpaired) electrons. The molecule has 0 saturated carbocycles. The molecular weight excluding hydrogens is 434 g/mol. The van der Waals surface area contributed by atoms with Crippen LogP contribution in [0.15, 0.2) is 60.8 Å². The molecule has 1 aromatic heterocycles. The van der Waals surface area contributed by atoms with E-state index in [1.807, 2.05) is 54.6 Å². The van der Waals surface area contributed by atoms with Crippen molar-refractivity contribution in [1.82, 2.24) is 26.0 Å². The first-order valence-corrected chi connectivity index (χ1v) is 11.3. The molecular formula is C25H29N5O4. The largest absolute Gasteiger partial charge is 0.464 e. The summed E-state index contributed by atoms with van der Waals surface area (Å²) in [5, 5.41) is 15.5. The third-order valence-corrected chi connectivity index (χ3v) is 5.27. The molecule has 0 fully saturated rings. The first-order chi connectivity index (χ1) is 16.5. The quantitative estimate of drug-likeness (QED) is 0.375. The Morgan fingerprint density at radius 1 is 0.971 bits per heavy atom. The van der Waals surface area contributed by atoms with Crippen LogP contribution in [0, 0.1) is 0 Å². The number of benzene rings is 2. The number of nitrogens with one attached hydrogen (secondary N) is 3. The van der Waals surface area contributed by atoms with Gasteiger partial charge in [-0.05, 0) is 36.5 Å². The molecule has 34 heavy (non-hydrogen) atoms. The Balaban J connectivity index is 1.79. The fourth-order valence-electron chi connectivity index (χ4n) is 3.55. The zero-order chi connectivity index (χ0) is 24.3. The van der Waals surface area contributed by atoms with Gasteiger partial charge in [0, 0.05) is 12.5 Å². The summed E-state index contributed by atoms with van der Waals surface area (Å²) >= 11 is 0. The van der Waals surface area contributed by atoms with Crippen LogP contribution in [0.4, 0.5) is 0 Å². The van der Waals surface area contributed by atoms with E-state index in [0.29, 0.717) is 6.42 Å². The van der Waals surface area contributed by atoms with Crippen LogP contribution in [0.2, 0.25) is 0 Å². The van der Waals surface area contributed by atoms with Gasteiger partial charge in [0.1, 0.15) is 6.04 Å². The maximum absolute atomic E-state index is 12.7. The molecule has 0 aliphatic heterocycles. The maximum atomic E-state index is 12.7. The summed E-state index contributed by atoms with van der Waals surface area (Å²) in [6, 6.07) is 16.7. The number of esters is 1. The molecule has 0 saturated heterocycles. The van der Waals surface area contributed by atoms with E-state index in [2.05, 4.69) is 26.0 Å². The number of rotatable bonds is 11. The Morgan fingerprint density at radius 2 is 1.68 bits per heavy atom. The van der Waals surface area contributed by atoms with Gasteiger partial charge in [0.2, 0.25) is 5.91 Å². The van der Waals surface area contributed by atoms with E-state index in [4.69, 9.17) is 4.74 Å². The number of aromatic amines is 1. The summed E-state index contributed by atoms with van der Waals surface area (Å²) in [6.07, 6.45) is 2.15. The zero-order valence-corrected chi connectivity index (χ0v) is 19.3. The van der Waals surface area contributed by atoms with Crippen molar-refractivity contribution in [2.45, 2.75) is 45.2 Å². The van der Waals surface area contributed by atoms with Crippen molar-refractivity contribution in [2.24, 2.45) is 0 Å². The van der Waals surface area contributed by atoms with Crippen molar-refractivity contribution in [1.29, 1.82) is 0 Å². The molecule has 0 aliphatic carbocycles. The summed E-state index contributed by atoms with van der Waals surface area (Å²) in [5.74, 6) is -1.24. The van der Waals surface area contributed by atoms with E-state index in [0.717, 1.165) is 16.7 Å². The third kappa shape index (κ3) is 6.99. The Kier molecular flexibility index (Phi) is 8.90. The molecule has 178 valence electrons. The zero-order valence-electron chi connectivity index (χ0n) is 19.3. The fourth-order valence-corrected chi connectivity index (χ4v) is 3.55. The highest BCUT2D eigenvalue weighted by Gasteiger charge is 2.27. The number of ether oxygens (including phenoxy) is 1. The second kappa shape index (κ2) is 12.3. The lowest BCUT2D eigenvalue weighted by Gasteiger charge is -2.24. The van der Waals surface area contributed by atoms with Gasteiger partial charge in [-0.1, -0.05) is 61.5 Å². The van der Waals surface area contributed by atoms with Gasteiger partial charge in [0.25, 0.3) is 5.91 Å². The van der Waals surface area contributed by atoms with Gasteiger partial charge in [-0.3, -0.25) is 9.59 Å². The number of nitrogens with zero attached hydrogens (tertiary/aromatic N) is 2. The van der Waals surface area contributed by atoms with Crippen LogP contribution in [-0.4, -0.2) is 51.9 Å². The minimum absolute atomic E-state index is 0.134. The number of hydrogen-bond acceptors (Lipinski definition) is 6. The number of aromatic nitrogens is 3. The van der Waals surface area contributed by atoms with Gasteiger partial charge in [0.15, 0.2) is 5.69 Å². The van der Waals surface area contributed by atoms with Gasteiger partial charge >= 0.3 is 5.97 Å². The molecule has 2 atom stereocenters. The summed E-state index contributed by atoms with van der Waals surface area (Å²) in [7, 11) is 0. The lowest BCUT2D eigenvalue weighted by molar-refractivity contribution is -0.147. The number of carbonyl (C=O) groups is 3. The molecule has 3 aromatic rings. The number of hydrogen-bond donors (Lipinski definition) is 3. The van der Waals surface area contributed by atoms with Crippen molar-refractivity contribution in [2.75, 3.05) is 6.61 Å². The highest BCUT2D eigenvalue weighted by molar-refractivity contribution is 5.92. The Labute approximate surface area is 198 Å². The van der Waals surface area contributed by atoms with Gasteiger partial charge in [-0.2, -0.15) is 15.4 Å². The minimum atomic E-state index is -0.890. The summed E-state index contributed by atoms with van der Waals surface area (Å²) in [4.78, 5) is 37.2. The van der Waals surface area contributed by atoms with Crippen LogP contribution in [-0.2, 0) is 20.7 Å². The number of H-pyrrole nitrogens is 1. The predicted octanol–water partition coefficient (Wildman–Crippen LogP) is 2.66. The van der Waals surface area contributed by atoms with Crippen LogP contribution in [0.5, 0.6) is 0 Å². The van der Waals surface area contributed by atoms with E-state index in [9.17, 15) is 14.4 Å². The Bertz CT molecular complexity index is 1070. The first-order valence-electron chi connectivity index (χ1n) is 11.3. The van der Waals surface area contributed by atoms with E-state index >= 15 is 0 Å². The second-order valence-corrected chi connectivity index (χ2v) is 7.75. The van der Waals surface area contributed by atoms with E-state index < -0.39 is 24.0 Å². The molecule has 9 nitrogen and oxygen atoms in total. The third-order valence-electron chi connectivity index (χ3n) is 5.27. The average Bonchev–Trinajstić information content (AvgIpc) is 3.40. The molecule has 0 spiro atoms. The van der Waals surface area contributed by atoms with Crippen LogP contribution in [0.1, 0.15) is 42.7 Å². The fraction of sp³-hybridized carbons (Fsp3) is 0.320. The van der Waals surface area contributed by atoms with Gasteiger partial charge < -0.3 is 15.4 Å². The van der Waals surface area contributed by atoms with Gasteiger partial charge in [0.05, 0.1) is 12.8 Å². The van der Waals surface area contributed by atoms with E-state index in [1.165, 1.54) is 6.20 Å². The van der Waals surface area contributed by atoms with E-state index in [-0.39, 0.29) is 31.0 Å². The highest BCUT2D eigenvalue weighted by Crippen LogP contribution is 2.20. The Hall–Kier alpha value is -4.01. The van der Waals surface area contributed by atoms with Crippen LogP contribution in [0.3, 0.4) is 0 Å². The highest BCUT2D eigenvalue weighted by atomic mass is 16.5. The summed E-state index contributed by atoms with van der Waals surface area (Å²) < 4.78 is 5.15. The molecule has 0 bridgehead atoms. The molecule has 3 rings (SSSR count). The minimum Gasteiger partial charge on any atom is -0.464 e. The summed E-state index contributed by atoms with van der Waals surface area (Å²) in [6.45, 7) is 3.60. The standard InChI is InChI=1S/C25H29N5O4/c1-3-23(31)28-21(25(33)34-4-2)15-20(27-24(32)22-16-26-30-29-22)14-17-10-12-19(13-11-17)18-8-6-5-7-9-18/h5-13,16,20-21H,3-4,14-15H2,1-2H3,(H,27,32)(H,28,31)(H,26,29,30). The lowest BCUT2D eigenvalue weighted by atomic mass is 9.96. The van der Waals surface area contributed by atoms with Crippen molar-refractivity contribution >= 4 is 17.8 Å². The second-order valence-electron chi connectivity index (χ2n) is 7.75. The normalized spacial score (nSPS) is 12.4. The average molecular weight is 464 g/mol. The maximum Gasteiger partial charge on any atom is 0.328 e. The van der Waals surface area contributed by atoms with E-state index in [1.54, 1.807) is 13.8 Å². The van der Waals surface area contributed by atoms with Crippen molar-refractivity contribution in [3.05, 3.63) is 72.1 Å². The van der Waals surface area contributed by atoms with Crippen molar-refractivity contribution in [3.8, 4) is 11.1 Å². The molecule has 3 N–H and O–H groups in total. The number of carbonyl (C=O) groups excluding carboxylic acids is 3. The summed E-state index contributed by atoms with van der Waals surface area (Å²) in [5.41, 5.74) is 3.28. The topological polar surface area (TPSA) is 126 Å². The van der Waals surface area contributed by atoms with Crippen molar-refractivity contribution < 1.29 is 19.1 Å². The predicted molar refractivity (Wildman–Crippen MR) is 127 cm³/mol. The lowest BCUT2D eigenvalue weighted by Crippen LogP contribution is -2.48. The first kappa shape index (κ1) is 24.6.